The number of carbonyl (C=O) groups is 1. The number of para-hydroxylation sites is 1. The zero-order chi connectivity index (χ0) is 17.8. The van der Waals surface area contributed by atoms with Gasteiger partial charge in [0.25, 0.3) is 0 Å². The van der Waals surface area contributed by atoms with Crippen LogP contribution in [0.15, 0.2) is 30.6 Å². The summed E-state index contributed by atoms with van der Waals surface area (Å²) in [6.07, 6.45) is 2.77. The Morgan fingerprint density at radius 2 is 2.24 bits per heavy atom. The minimum Gasteiger partial charge on any atom is -0.489 e. The van der Waals surface area contributed by atoms with Crippen LogP contribution in [-0.4, -0.2) is 50.9 Å². The standard InChI is InChI=1S/C17H21FN4O3/c1-21(8-9-25-14-5-3-2-4-13(14)18)15(23)10-22-11-19-17(20-22)16(24)12-6-7-12/h2-5,11-12,16,24H,6-10H2,1H3. The van der Waals surface area contributed by atoms with Crippen LogP contribution in [0.25, 0.3) is 0 Å². The molecule has 1 aromatic heterocycles. The van der Waals surface area contributed by atoms with Crippen LogP contribution in [0, 0.1) is 11.7 Å². The Morgan fingerprint density at radius 3 is 2.96 bits per heavy atom. The summed E-state index contributed by atoms with van der Waals surface area (Å²) in [6.45, 7) is 0.534. The third kappa shape index (κ3) is 4.54. The van der Waals surface area contributed by atoms with Crippen molar-refractivity contribution in [2.75, 3.05) is 20.2 Å². The zero-order valence-corrected chi connectivity index (χ0v) is 14.0. The highest BCUT2D eigenvalue weighted by Crippen LogP contribution is 2.39. The van der Waals surface area contributed by atoms with Gasteiger partial charge in [0.05, 0.1) is 6.54 Å². The molecule has 2 aromatic rings. The van der Waals surface area contributed by atoms with Crippen LogP contribution < -0.4 is 4.74 Å². The average molecular weight is 348 g/mol. The fourth-order valence-corrected chi connectivity index (χ4v) is 2.38. The van der Waals surface area contributed by atoms with Gasteiger partial charge in [-0.2, -0.15) is 5.10 Å². The van der Waals surface area contributed by atoms with Gasteiger partial charge >= 0.3 is 0 Å². The number of carbonyl (C=O) groups excluding carboxylic acids is 1. The summed E-state index contributed by atoms with van der Waals surface area (Å²) in [7, 11) is 1.64. The molecule has 1 heterocycles. The van der Waals surface area contributed by atoms with E-state index in [1.54, 1.807) is 25.2 Å². The Kier molecular flexibility index (Phi) is 5.28. The molecule has 1 unspecified atom stereocenters. The van der Waals surface area contributed by atoms with Crippen molar-refractivity contribution >= 4 is 5.91 Å². The molecule has 1 amide bonds. The second-order valence-electron chi connectivity index (χ2n) is 6.18. The van der Waals surface area contributed by atoms with Crippen LogP contribution >= 0.6 is 0 Å². The Hall–Kier alpha value is -2.48. The van der Waals surface area contributed by atoms with Crippen molar-refractivity contribution in [3.63, 3.8) is 0 Å². The number of ether oxygens (including phenoxy) is 1. The highest BCUT2D eigenvalue weighted by atomic mass is 19.1. The lowest BCUT2D eigenvalue weighted by atomic mass is 10.2. The molecule has 1 saturated carbocycles. The zero-order valence-electron chi connectivity index (χ0n) is 14.0. The lowest BCUT2D eigenvalue weighted by Crippen LogP contribution is -2.33. The second kappa shape index (κ2) is 7.60. The molecule has 0 spiro atoms. The van der Waals surface area contributed by atoms with Crippen LogP contribution in [0.5, 0.6) is 5.75 Å². The molecule has 1 aliphatic rings. The minimum absolute atomic E-state index is 0.0284. The number of hydrogen-bond acceptors (Lipinski definition) is 5. The van der Waals surface area contributed by atoms with Crippen LogP contribution in [0.3, 0.4) is 0 Å². The van der Waals surface area contributed by atoms with Gasteiger partial charge in [-0.3, -0.25) is 4.79 Å². The number of rotatable bonds is 8. The van der Waals surface area contributed by atoms with Gasteiger partial charge in [0.2, 0.25) is 5.91 Å². The highest BCUT2D eigenvalue weighted by molar-refractivity contribution is 5.75. The summed E-state index contributed by atoms with van der Waals surface area (Å²) in [5.74, 6) is 0.166. The Bertz CT molecular complexity index is 732. The maximum absolute atomic E-state index is 13.4. The van der Waals surface area contributed by atoms with E-state index < -0.39 is 11.9 Å². The first-order valence-electron chi connectivity index (χ1n) is 8.23. The number of hydrogen-bond donors (Lipinski definition) is 1. The quantitative estimate of drug-likeness (QED) is 0.780. The number of aliphatic hydroxyl groups excluding tert-OH is 1. The number of halogens is 1. The van der Waals surface area contributed by atoms with E-state index in [9.17, 15) is 14.3 Å². The van der Waals surface area contributed by atoms with E-state index >= 15 is 0 Å². The number of likely N-dealkylation sites (N-methyl/N-ethyl adjacent to an activating group) is 1. The SMILES string of the molecule is CN(CCOc1ccccc1F)C(=O)Cn1cnc(C(O)C2CC2)n1. The predicted molar refractivity (Wildman–Crippen MR) is 87.2 cm³/mol. The Labute approximate surface area is 145 Å². The van der Waals surface area contributed by atoms with Crippen molar-refractivity contribution in [2.45, 2.75) is 25.5 Å². The van der Waals surface area contributed by atoms with E-state index in [2.05, 4.69) is 10.1 Å². The van der Waals surface area contributed by atoms with Gasteiger partial charge in [0.15, 0.2) is 17.4 Å². The van der Waals surface area contributed by atoms with Crippen molar-refractivity contribution < 1.29 is 19.0 Å². The predicted octanol–water partition coefficient (Wildman–Crippen LogP) is 1.40. The van der Waals surface area contributed by atoms with Gasteiger partial charge in [-0.15, -0.1) is 0 Å². The summed E-state index contributed by atoms with van der Waals surface area (Å²) < 4.78 is 20.2. The molecular formula is C17H21FN4O3. The molecule has 1 atom stereocenters. The number of amides is 1. The molecule has 25 heavy (non-hydrogen) atoms. The molecule has 1 fully saturated rings. The van der Waals surface area contributed by atoms with E-state index in [0.717, 1.165) is 12.8 Å². The normalized spacial score (nSPS) is 15.0. The third-order valence-electron chi connectivity index (χ3n) is 4.13. The summed E-state index contributed by atoms with van der Waals surface area (Å²) in [4.78, 5) is 17.7. The molecule has 134 valence electrons. The fourth-order valence-electron chi connectivity index (χ4n) is 2.38. The Morgan fingerprint density at radius 1 is 1.48 bits per heavy atom. The van der Waals surface area contributed by atoms with Gasteiger partial charge in [-0.1, -0.05) is 12.1 Å². The summed E-state index contributed by atoms with van der Waals surface area (Å²) >= 11 is 0. The summed E-state index contributed by atoms with van der Waals surface area (Å²) in [6, 6.07) is 6.14. The van der Waals surface area contributed by atoms with Gasteiger partial charge in [-0.05, 0) is 30.9 Å². The molecule has 1 aromatic carbocycles. The van der Waals surface area contributed by atoms with E-state index in [-0.39, 0.29) is 30.7 Å². The first-order chi connectivity index (χ1) is 12.0. The first kappa shape index (κ1) is 17.3. The molecule has 0 radical (unpaired) electrons. The van der Waals surface area contributed by atoms with Gasteiger partial charge in [-0.25, -0.2) is 14.1 Å². The van der Waals surface area contributed by atoms with E-state index in [4.69, 9.17) is 4.74 Å². The van der Waals surface area contributed by atoms with Crippen LogP contribution in [0.2, 0.25) is 0 Å². The second-order valence-corrected chi connectivity index (χ2v) is 6.18. The topological polar surface area (TPSA) is 80.5 Å². The molecular weight excluding hydrogens is 327 g/mol. The van der Waals surface area contributed by atoms with Crippen LogP contribution in [-0.2, 0) is 11.3 Å². The summed E-state index contributed by atoms with van der Waals surface area (Å²) in [5, 5.41) is 14.1. The van der Waals surface area contributed by atoms with Crippen molar-refractivity contribution in [1.29, 1.82) is 0 Å². The fraction of sp³-hybridized carbons (Fsp3) is 0.471. The highest BCUT2D eigenvalue weighted by Gasteiger charge is 2.33. The molecule has 0 bridgehead atoms. The molecule has 0 aliphatic heterocycles. The van der Waals surface area contributed by atoms with Crippen molar-refractivity contribution in [1.82, 2.24) is 19.7 Å². The lowest BCUT2D eigenvalue weighted by Gasteiger charge is -2.17. The first-order valence-corrected chi connectivity index (χ1v) is 8.23. The van der Waals surface area contributed by atoms with Gasteiger partial charge in [0.1, 0.15) is 25.6 Å². The monoisotopic (exact) mass is 348 g/mol. The van der Waals surface area contributed by atoms with Crippen LogP contribution in [0.1, 0.15) is 24.8 Å². The van der Waals surface area contributed by atoms with E-state index in [1.807, 2.05) is 0 Å². The number of aromatic nitrogens is 3. The Balaban J connectivity index is 1.45. The van der Waals surface area contributed by atoms with Crippen molar-refractivity contribution in [2.24, 2.45) is 5.92 Å². The minimum atomic E-state index is -0.650. The van der Waals surface area contributed by atoms with Crippen molar-refractivity contribution in [3.05, 3.63) is 42.2 Å². The molecule has 7 nitrogen and oxygen atoms in total. The van der Waals surface area contributed by atoms with Crippen molar-refractivity contribution in [3.8, 4) is 5.75 Å². The molecule has 3 rings (SSSR count). The number of nitrogens with zero attached hydrogens (tertiary/aromatic N) is 4. The largest absolute Gasteiger partial charge is 0.489 e. The number of aliphatic hydroxyl groups is 1. The molecule has 8 heteroatoms. The maximum atomic E-state index is 13.4. The lowest BCUT2D eigenvalue weighted by molar-refractivity contribution is -0.131. The summed E-state index contributed by atoms with van der Waals surface area (Å²) in [5.41, 5.74) is 0. The third-order valence-corrected chi connectivity index (χ3v) is 4.13. The average Bonchev–Trinajstić information content (AvgIpc) is 3.35. The van der Waals surface area contributed by atoms with Gasteiger partial charge < -0.3 is 14.7 Å². The van der Waals surface area contributed by atoms with Gasteiger partial charge in [0, 0.05) is 7.05 Å². The molecule has 1 N–H and O–H groups in total. The van der Waals surface area contributed by atoms with Crippen LogP contribution in [0.4, 0.5) is 4.39 Å². The molecule has 1 aliphatic carbocycles. The number of benzene rings is 1. The smallest absolute Gasteiger partial charge is 0.244 e. The van der Waals surface area contributed by atoms with E-state index in [1.165, 1.54) is 22.0 Å². The van der Waals surface area contributed by atoms with E-state index in [0.29, 0.717) is 12.4 Å². The molecule has 0 saturated heterocycles. The maximum Gasteiger partial charge on any atom is 0.244 e.